The first kappa shape index (κ1) is 20.7. The highest BCUT2D eigenvalue weighted by atomic mass is 32.2. The molecule has 0 bridgehead atoms. The lowest BCUT2D eigenvalue weighted by Gasteiger charge is -2.28. The van der Waals surface area contributed by atoms with Gasteiger partial charge in [0.25, 0.3) is 5.91 Å². The Morgan fingerprint density at radius 2 is 1.97 bits per heavy atom. The fraction of sp³-hybridized carbons (Fsp3) is 0.217. The molecule has 1 aliphatic rings. The van der Waals surface area contributed by atoms with Crippen LogP contribution in [0.4, 0.5) is 5.69 Å². The molecule has 8 heteroatoms. The summed E-state index contributed by atoms with van der Waals surface area (Å²) in [6.45, 7) is 8.32. The summed E-state index contributed by atoms with van der Waals surface area (Å²) >= 11 is 1.61. The topological polar surface area (TPSA) is 85.6 Å². The molecule has 1 aliphatic heterocycles. The van der Waals surface area contributed by atoms with Gasteiger partial charge in [0.05, 0.1) is 37.3 Å². The van der Waals surface area contributed by atoms with Crippen LogP contribution in [0, 0.1) is 6.57 Å². The molecule has 0 fully saturated rings. The minimum absolute atomic E-state index is 0.0376. The van der Waals surface area contributed by atoms with Gasteiger partial charge in [0.2, 0.25) is 5.91 Å². The van der Waals surface area contributed by atoms with Crippen LogP contribution in [-0.4, -0.2) is 39.3 Å². The van der Waals surface area contributed by atoms with Crippen molar-refractivity contribution in [2.24, 2.45) is 5.73 Å². The monoisotopic (exact) mass is 431 g/mol. The van der Waals surface area contributed by atoms with Crippen molar-refractivity contribution in [2.45, 2.75) is 24.4 Å². The van der Waals surface area contributed by atoms with Crippen LogP contribution in [-0.2, 0) is 24.3 Å². The van der Waals surface area contributed by atoms with Gasteiger partial charge in [-0.05, 0) is 24.0 Å². The highest BCUT2D eigenvalue weighted by Crippen LogP contribution is 2.30. The van der Waals surface area contributed by atoms with E-state index in [9.17, 15) is 9.59 Å². The third-order valence-electron chi connectivity index (χ3n) is 5.34. The number of nitrogens with two attached hydrogens (primary N) is 1. The van der Waals surface area contributed by atoms with E-state index >= 15 is 0 Å². The van der Waals surface area contributed by atoms with Crippen molar-refractivity contribution in [1.82, 2.24) is 14.7 Å². The van der Waals surface area contributed by atoms with Crippen molar-refractivity contribution >= 4 is 29.3 Å². The quantitative estimate of drug-likeness (QED) is 0.495. The summed E-state index contributed by atoms with van der Waals surface area (Å²) in [5.74, 6) is -0.584. The number of amides is 2. The number of benzene rings is 2. The first-order valence-corrected chi connectivity index (χ1v) is 11.0. The van der Waals surface area contributed by atoms with E-state index < -0.39 is 5.91 Å². The van der Waals surface area contributed by atoms with Crippen LogP contribution in [0.25, 0.3) is 16.1 Å². The number of rotatable bonds is 5. The van der Waals surface area contributed by atoms with Crippen molar-refractivity contribution in [2.75, 3.05) is 12.8 Å². The number of aromatic nitrogens is 2. The maximum atomic E-state index is 12.9. The second-order valence-corrected chi connectivity index (χ2v) is 8.14. The molecule has 0 radical (unpaired) electrons. The first-order valence-electron chi connectivity index (χ1n) is 9.78. The van der Waals surface area contributed by atoms with E-state index in [2.05, 4.69) is 9.94 Å². The highest BCUT2D eigenvalue weighted by Gasteiger charge is 2.29. The van der Waals surface area contributed by atoms with Gasteiger partial charge in [-0.2, -0.15) is 5.10 Å². The van der Waals surface area contributed by atoms with Gasteiger partial charge in [0, 0.05) is 17.0 Å². The van der Waals surface area contributed by atoms with Gasteiger partial charge in [0.15, 0.2) is 5.69 Å². The summed E-state index contributed by atoms with van der Waals surface area (Å²) in [5.41, 5.74) is 9.56. The lowest BCUT2D eigenvalue weighted by molar-refractivity contribution is -0.132. The summed E-state index contributed by atoms with van der Waals surface area (Å²) in [6.07, 6.45) is 2.23. The molecular weight excluding hydrogens is 410 g/mol. The van der Waals surface area contributed by atoms with Crippen molar-refractivity contribution in [3.8, 4) is 11.3 Å². The average Bonchev–Trinajstić information content (AvgIpc) is 3.18. The number of hydrogen-bond acceptors (Lipinski definition) is 4. The van der Waals surface area contributed by atoms with Crippen LogP contribution < -0.4 is 5.73 Å². The molecule has 31 heavy (non-hydrogen) atoms. The first-order chi connectivity index (χ1) is 15.0. The maximum absolute atomic E-state index is 12.9. The van der Waals surface area contributed by atoms with Gasteiger partial charge < -0.3 is 10.6 Å². The summed E-state index contributed by atoms with van der Waals surface area (Å²) in [6, 6.07) is 14.8. The minimum Gasteiger partial charge on any atom is -0.365 e. The Balaban J connectivity index is 1.60. The van der Waals surface area contributed by atoms with Crippen LogP contribution in [0.1, 0.15) is 21.6 Å². The molecule has 2 N–H and O–H groups in total. The number of thioether (sulfide) groups is 1. The summed E-state index contributed by atoms with van der Waals surface area (Å²) in [7, 11) is 0. The number of carbonyl (C=O) groups is 2. The minimum atomic E-state index is -0.546. The van der Waals surface area contributed by atoms with E-state index in [-0.39, 0.29) is 18.9 Å². The molecule has 0 atom stereocenters. The molecule has 4 rings (SSSR count). The van der Waals surface area contributed by atoms with Gasteiger partial charge >= 0.3 is 0 Å². The fourth-order valence-corrected chi connectivity index (χ4v) is 4.20. The standard InChI is InChI=1S/C23H21N5O2S/c1-25-17-8-6-15(7-9-17)12-20(29)27-10-11-28-19(14-27)21(23(24)30)22(26-28)16-4-3-5-18(13-16)31-2/h3-9,13H,10-12,14H2,2H3,(H2,24,30). The van der Waals surface area contributed by atoms with E-state index in [0.29, 0.717) is 35.7 Å². The van der Waals surface area contributed by atoms with Gasteiger partial charge in [-0.15, -0.1) is 11.8 Å². The maximum Gasteiger partial charge on any atom is 0.252 e. The molecule has 7 nitrogen and oxygen atoms in total. The Kier molecular flexibility index (Phi) is 5.78. The summed E-state index contributed by atoms with van der Waals surface area (Å²) in [5, 5.41) is 4.65. The van der Waals surface area contributed by atoms with E-state index in [1.165, 1.54) is 0 Å². The third-order valence-corrected chi connectivity index (χ3v) is 6.07. The third kappa shape index (κ3) is 4.18. The Hall–Kier alpha value is -3.57. The van der Waals surface area contributed by atoms with Gasteiger partial charge in [-0.1, -0.05) is 36.4 Å². The van der Waals surface area contributed by atoms with Crippen molar-refractivity contribution < 1.29 is 9.59 Å². The molecule has 3 aromatic rings. The van der Waals surface area contributed by atoms with Gasteiger partial charge in [-0.3, -0.25) is 14.3 Å². The summed E-state index contributed by atoms with van der Waals surface area (Å²) in [4.78, 5) is 31.4. The van der Waals surface area contributed by atoms with Crippen LogP contribution >= 0.6 is 11.8 Å². The summed E-state index contributed by atoms with van der Waals surface area (Å²) < 4.78 is 1.79. The van der Waals surface area contributed by atoms with Crippen LogP contribution in [0.5, 0.6) is 0 Å². The molecule has 0 unspecified atom stereocenters. The predicted molar refractivity (Wildman–Crippen MR) is 120 cm³/mol. The molecule has 0 spiro atoms. The molecule has 2 aromatic carbocycles. The van der Waals surface area contributed by atoms with Crippen LogP contribution in [0.3, 0.4) is 0 Å². The number of carbonyl (C=O) groups excluding carboxylic acids is 2. The normalized spacial score (nSPS) is 12.8. The molecule has 156 valence electrons. The zero-order chi connectivity index (χ0) is 22.0. The van der Waals surface area contributed by atoms with Crippen LogP contribution in [0.2, 0.25) is 0 Å². The molecule has 2 amide bonds. The van der Waals surface area contributed by atoms with Crippen molar-refractivity contribution in [3.63, 3.8) is 0 Å². The zero-order valence-electron chi connectivity index (χ0n) is 17.0. The van der Waals surface area contributed by atoms with Gasteiger partial charge in [0.1, 0.15) is 5.69 Å². The molecular formula is C23H21N5O2S. The van der Waals surface area contributed by atoms with Crippen molar-refractivity contribution in [3.05, 3.63) is 76.8 Å². The number of hydrogen-bond donors (Lipinski definition) is 1. The fourth-order valence-electron chi connectivity index (χ4n) is 3.74. The van der Waals surface area contributed by atoms with E-state index in [1.807, 2.05) is 30.5 Å². The number of nitrogens with zero attached hydrogens (tertiary/aromatic N) is 4. The SMILES string of the molecule is [C-]#[N+]c1ccc(CC(=O)N2CCn3nc(-c4cccc(SC)c4)c(C(N)=O)c3C2)cc1. The smallest absolute Gasteiger partial charge is 0.252 e. The Morgan fingerprint density at radius 3 is 2.65 bits per heavy atom. The molecule has 1 aromatic heterocycles. The molecule has 2 heterocycles. The molecule has 0 aliphatic carbocycles. The number of primary amides is 1. The van der Waals surface area contributed by atoms with Crippen molar-refractivity contribution in [1.29, 1.82) is 0 Å². The number of fused-ring (bicyclic) bond motifs is 1. The second-order valence-electron chi connectivity index (χ2n) is 7.26. The average molecular weight is 432 g/mol. The molecule has 0 saturated heterocycles. The largest absolute Gasteiger partial charge is 0.365 e. The highest BCUT2D eigenvalue weighted by molar-refractivity contribution is 7.98. The Morgan fingerprint density at radius 1 is 1.19 bits per heavy atom. The van der Waals surface area contributed by atoms with E-state index in [4.69, 9.17) is 12.3 Å². The van der Waals surface area contributed by atoms with Crippen LogP contribution in [0.15, 0.2) is 53.4 Å². The Labute approximate surface area is 184 Å². The lowest BCUT2D eigenvalue weighted by Crippen LogP contribution is -2.40. The zero-order valence-corrected chi connectivity index (χ0v) is 17.9. The van der Waals surface area contributed by atoms with E-state index in [1.54, 1.807) is 45.6 Å². The predicted octanol–water partition coefficient (Wildman–Crippen LogP) is 3.51. The van der Waals surface area contributed by atoms with Gasteiger partial charge in [-0.25, -0.2) is 4.85 Å². The van der Waals surface area contributed by atoms with E-state index in [0.717, 1.165) is 16.0 Å². The second kappa shape index (κ2) is 8.66. The molecule has 0 saturated carbocycles. The lowest BCUT2D eigenvalue weighted by atomic mass is 10.0. The Bertz CT molecular complexity index is 1190.